The largest absolute Gasteiger partial charge is 0.349 e. The van der Waals surface area contributed by atoms with E-state index in [4.69, 9.17) is 0 Å². The molecule has 26 heavy (non-hydrogen) atoms. The van der Waals surface area contributed by atoms with Crippen molar-refractivity contribution < 1.29 is 4.79 Å². The van der Waals surface area contributed by atoms with Crippen LogP contribution in [-0.4, -0.2) is 25.5 Å². The zero-order valence-corrected chi connectivity index (χ0v) is 15.9. The third-order valence-corrected chi connectivity index (χ3v) is 4.65. The van der Waals surface area contributed by atoms with Crippen LogP contribution in [0.3, 0.4) is 0 Å². The van der Waals surface area contributed by atoms with E-state index in [2.05, 4.69) is 48.4 Å². The van der Waals surface area contributed by atoms with Crippen LogP contribution in [0.25, 0.3) is 11.0 Å². The van der Waals surface area contributed by atoms with Crippen LogP contribution in [0, 0.1) is 6.92 Å². The fraction of sp³-hybridized carbons (Fsp3) is 0.450. The molecule has 0 radical (unpaired) electrons. The number of hydrogen-bond acceptors (Lipinski definition) is 3. The van der Waals surface area contributed by atoms with E-state index in [1.807, 2.05) is 40.7 Å². The second-order valence-corrected chi connectivity index (χ2v) is 6.91. The van der Waals surface area contributed by atoms with E-state index in [9.17, 15) is 4.79 Å². The molecule has 0 aliphatic carbocycles. The average molecular weight is 353 g/mol. The van der Waals surface area contributed by atoms with Gasteiger partial charge < -0.3 is 5.32 Å². The topological polar surface area (TPSA) is 64.7 Å². The smallest absolute Gasteiger partial charge is 0.222 e. The van der Waals surface area contributed by atoms with Crippen molar-refractivity contribution in [2.24, 2.45) is 0 Å². The molecule has 1 atom stereocenters. The fourth-order valence-electron chi connectivity index (χ4n) is 3.32. The molecule has 0 saturated carbocycles. The minimum Gasteiger partial charge on any atom is -0.349 e. The summed E-state index contributed by atoms with van der Waals surface area (Å²) in [6.45, 7) is 8.82. The van der Waals surface area contributed by atoms with Crippen LogP contribution >= 0.6 is 0 Å². The minimum absolute atomic E-state index is 0.0401. The third-order valence-electron chi connectivity index (χ3n) is 4.65. The normalized spacial score (nSPS) is 12.7. The summed E-state index contributed by atoms with van der Waals surface area (Å²) < 4.78 is 3.87. The summed E-state index contributed by atoms with van der Waals surface area (Å²) in [7, 11) is 0. The molecule has 1 unspecified atom stereocenters. The predicted octanol–water partition coefficient (Wildman–Crippen LogP) is 3.78. The lowest BCUT2D eigenvalue weighted by Crippen LogP contribution is -2.29. The van der Waals surface area contributed by atoms with Gasteiger partial charge in [0.15, 0.2) is 0 Å². The molecule has 1 N–H and O–H groups in total. The summed E-state index contributed by atoms with van der Waals surface area (Å²) in [6, 6.07) is 10.4. The highest BCUT2D eigenvalue weighted by Crippen LogP contribution is 2.21. The number of benzene rings is 1. The first-order valence-electron chi connectivity index (χ1n) is 9.26. The van der Waals surface area contributed by atoms with Gasteiger partial charge in [0.05, 0.1) is 24.5 Å². The molecule has 0 aliphatic heterocycles. The molecule has 3 rings (SSSR count). The van der Waals surface area contributed by atoms with E-state index >= 15 is 0 Å². The van der Waals surface area contributed by atoms with Crippen LogP contribution < -0.4 is 5.32 Å². The average Bonchev–Trinajstić information content (AvgIpc) is 3.20. The van der Waals surface area contributed by atoms with E-state index in [1.54, 1.807) is 0 Å². The Morgan fingerprint density at radius 3 is 2.62 bits per heavy atom. The van der Waals surface area contributed by atoms with Gasteiger partial charge >= 0.3 is 0 Å². The highest BCUT2D eigenvalue weighted by Gasteiger charge is 2.17. The van der Waals surface area contributed by atoms with Crippen LogP contribution in [0.1, 0.15) is 57.0 Å². The molecule has 0 aliphatic rings. The number of aryl methyl sites for hydroxylation is 2. The Kier molecular flexibility index (Phi) is 5.40. The lowest BCUT2D eigenvalue weighted by molar-refractivity contribution is -0.122. The van der Waals surface area contributed by atoms with Gasteiger partial charge in [-0.3, -0.25) is 14.2 Å². The minimum atomic E-state index is 0.0401. The van der Waals surface area contributed by atoms with Gasteiger partial charge in [-0.05, 0) is 32.8 Å². The molecular weight excluding hydrogens is 326 g/mol. The van der Waals surface area contributed by atoms with E-state index in [-0.39, 0.29) is 18.0 Å². The maximum Gasteiger partial charge on any atom is 0.222 e. The summed E-state index contributed by atoms with van der Waals surface area (Å²) in [5.41, 5.74) is 4.12. The second kappa shape index (κ2) is 7.72. The molecule has 0 spiro atoms. The lowest BCUT2D eigenvalue weighted by Gasteiger charge is -2.17. The van der Waals surface area contributed by atoms with Crippen molar-refractivity contribution in [1.29, 1.82) is 0 Å². The SMILES string of the molecule is CCC(NC(=O)CCn1ncc2c1c(C)nn2C(C)C)c1ccccc1. The predicted molar refractivity (Wildman–Crippen MR) is 103 cm³/mol. The Hall–Kier alpha value is -2.63. The quantitative estimate of drug-likeness (QED) is 0.703. The van der Waals surface area contributed by atoms with E-state index in [0.29, 0.717) is 13.0 Å². The second-order valence-electron chi connectivity index (χ2n) is 6.91. The van der Waals surface area contributed by atoms with E-state index in [0.717, 1.165) is 28.7 Å². The summed E-state index contributed by atoms with van der Waals surface area (Å²) >= 11 is 0. The number of rotatable bonds is 7. The first kappa shape index (κ1) is 18.2. The first-order valence-corrected chi connectivity index (χ1v) is 9.26. The summed E-state index contributed by atoms with van der Waals surface area (Å²) in [5.74, 6) is 0.0401. The summed E-state index contributed by atoms with van der Waals surface area (Å²) in [4.78, 5) is 12.4. The standard InChI is InChI=1S/C20H27N5O/c1-5-17(16-9-7-6-8-10-16)22-19(26)11-12-24-20-15(4)23-25(14(2)3)18(20)13-21-24/h6-10,13-14,17H,5,11-12H2,1-4H3,(H,22,26). The van der Waals surface area contributed by atoms with Gasteiger partial charge in [-0.15, -0.1) is 0 Å². The Balaban J connectivity index is 1.67. The highest BCUT2D eigenvalue weighted by atomic mass is 16.1. The first-order chi connectivity index (χ1) is 12.5. The lowest BCUT2D eigenvalue weighted by atomic mass is 10.0. The van der Waals surface area contributed by atoms with Crippen molar-refractivity contribution in [3.05, 3.63) is 47.8 Å². The summed E-state index contributed by atoms with van der Waals surface area (Å²) in [6.07, 6.45) is 3.10. The van der Waals surface area contributed by atoms with Crippen LogP contribution in [0.5, 0.6) is 0 Å². The molecule has 1 amide bonds. The molecule has 1 aromatic carbocycles. The zero-order chi connectivity index (χ0) is 18.7. The number of carbonyl (C=O) groups is 1. The Bertz CT molecular complexity index is 878. The number of nitrogens with one attached hydrogen (secondary N) is 1. The maximum absolute atomic E-state index is 12.4. The van der Waals surface area contributed by atoms with Gasteiger partial charge in [-0.25, -0.2) is 0 Å². The number of aromatic nitrogens is 4. The number of hydrogen-bond donors (Lipinski definition) is 1. The molecule has 138 valence electrons. The van der Waals surface area contributed by atoms with E-state index < -0.39 is 0 Å². The van der Waals surface area contributed by atoms with Crippen molar-refractivity contribution in [3.63, 3.8) is 0 Å². The number of carbonyl (C=O) groups excluding carboxylic acids is 1. The molecule has 6 heteroatoms. The molecule has 0 fully saturated rings. The molecule has 0 saturated heterocycles. The molecule has 0 bridgehead atoms. The summed E-state index contributed by atoms with van der Waals surface area (Å²) in [5, 5.41) is 12.2. The van der Waals surface area contributed by atoms with E-state index in [1.165, 1.54) is 0 Å². The van der Waals surface area contributed by atoms with Crippen LogP contribution in [-0.2, 0) is 11.3 Å². The van der Waals surface area contributed by atoms with Crippen molar-refractivity contribution in [2.45, 2.75) is 59.2 Å². The Labute approximate surface area is 154 Å². The Morgan fingerprint density at radius 2 is 1.96 bits per heavy atom. The highest BCUT2D eigenvalue weighted by molar-refractivity contribution is 5.79. The number of fused-ring (bicyclic) bond motifs is 1. The van der Waals surface area contributed by atoms with Gasteiger partial charge in [0, 0.05) is 12.5 Å². The molecule has 2 heterocycles. The number of nitrogens with zero attached hydrogens (tertiary/aromatic N) is 4. The third kappa shape index (κ3) is 3.64. The van der Waals surface area contributed by atoms with Gasteiger partial charge in [-0.2, -0.15) is 10.2 Å². The molecule has 2 aromatic heterocycles. The van der Waals surface area contributed by atoms with Gasteiger partial charge in [-0.1, -0.05) is 37.3 Å². The van der Waals surface area contributed by atoms with Crippen molar-refractivity contribution in [2.75, 3.05) is 0 Å². The van der Waals surface area contributed by atoms with Crippen LogP contribution in [0.15, 0.2) is 36.5 Å². The van der Waals surface area contributed by atoms with Gasteiger partial charge in [0.25, 0.3) is 0 Å². The van der Waals surface area contributed by atoms with Crippen LogP contribution in [0.4, 0.5) is 0 Å². The molecular formula is C20H27N5O. The monoisotopic (exact) mass is 353 g/mol. The van der Waals surface area contributed by atoms with Gasteiger partial charge in [0.2, 0.25) is 5.91 Å². The molecule has 3 aromatic rings. The number of amides is 1. The fourth-order valence-corrected chi connectivity index (χ4v) is 3.32. The zero-order valence-electron chi connectivity index (χ0n) is 15.9. The maximum atomic E-state index is 12.4. The Morgan fingerprint density at radius 1 is 1.23 bits per heavy atom. The van der Waals surface area contributed by atoms with Crippen LogP contribution in [0.2, 0.25) is 0 Å². The van der Waals surface area contributed by atoms with Crippen molar-refractivity contribution in [3.8, 4) is 0 Å². The van der Waals surface area contributed by atoms with Crippen molar-refractivity contribution >= 4 is 16.9 Å². The molecule has 6 nitrogen and oxygen atoms in total. The van der Waals surface area contributed by atoms with Gasteiger partial charge in [0.1, 0.15) is 11.0 Å². The van der Waals surface area contributed by atoms with Crippen molar-refractivity contribution in [1.82, 2.24) is 24.9 Å².